The predicted octanol–water partition coefficient (Wildman–Crippen LogP) is 5.64. The van der Waals surface area contributed by atoms with Crippen molar-refractivity contribution in [2.45, 2.75) is 20.4 Å². The van der Waals surface area contributed by atoms with Gasteiger partial charge in [0.25, 0.3) is 0 Å². The van der Waals surface area contributed by atoms with E-state index in [0.717, 1.165) is 27.3 Å². The molecule has 4 rings (SSSR count). The minimum atomic E-state index is 0.589. The fourth-order valence-electron chi connectivity index (χ4n) is 2.99. The highest BCUT2D eigenvalue weighted by molar-refractivity contribution is 7.18. The lowest BCUT2D eigenvalue weighted by molar-refractivity contribution is 0.415. The van der Waals surface area contributed by atoms with E-state index in [9.17, 15) is 0 Å². The number of ether oxygens (including phenoxy) is 1. The first-order valence-electron chi connectivity index (χ1n) is 8.82. The molecule has 3 heterocycles. The van der Waals surface area contributed by atoms with E-state index in [1.807, 2.05) is 36.4 Å². The highest BCUT2D eigenvalue weighted by Gasteiger charge is 2.16. The van der Waals surface area contributed by atoms with Gasteiger partial charge in [0.2, 0.25) is 0 Å². The van der Waals surface area contributed by atoms with E-state index in [1.165, 1.54) is 10.4 Å². The van der Waals surface area contributed by atoms with Crippen molar-refractivity contribution < 1.29 is 4.74 Å². The van der Waals surface area contributed by atoms with Gasteiger partial charge in [-0.05, 0) is 49.2 Å². The molecule has 4 aromatic rings. The van der Waals surface area contributed by atoms with Crippen LogP contribution < -0.4 is 10.1 Å². The molecule has 0 saturated carbocycles. The number of pyridine rings is 1. The van der Waals surface area contributed by atoms with Crippen LogP contribution in [-0.4, -0.2) is 22.1 Å². The fraction of sp³-hybridized carbons (Fsp3) is 0.190. The van der Waals surface area contributed by atoms with E-state index in [0.29, 0.717) is 23.1 Å². The van der Waals surface area contributed by atoms with Crippen molar-refractivity contribution in [1.29, 1.82) is 0 Å². The molecule has 7 heteroatoms. The van der Waals surface area contributed by atoms with Crippen molar-refractivity contribution in [3.63, 3.8) is 0 Å². The Morgan fingerprint density at radius 3 is 2.71 bits per heavy atom. The summed E-state index contributed by atoms with van der Waals surface area (Å²) in [5.74, 6) is 2.08. The smallest absolute Gasteiger partial charge is 0.181 e. The first kappa shape index (κ1) is 18.7. The third-order valence-corrected chi connectivity index (χ3v) is 6.00. The molecule has 5 nitrogen and oxygen atoms in total. The number of anilines is 1. The molecule has 0 spiro atoms. The molecule has 28 heavy (non-hydrogen) atoms. The largest absolute Gasteiger partial charge is 0.495 e. The summed E-state index contributed by atoms with van der Waals surface area (Å²) >= 11 is 7.93. The minimum Gasteiger partial charge on any atom is -0.495 e. The number of thiophene rings is 1. The topological polar surface area (TPSA) is 59.9 Å². The lowest BCUT2D eigenvalue weighted by Gasteiger charge is -2.11. The van der Waals surface area contributed by atoms with E-state index in [2.05, 4.69) is 24.1 Å². The Kier molecular flexibility index (Phi) is 5.15. The van der Waals surface area contributed by atoms with Crippen LogP contribution in [0.3, 0.4) is 0 Å². The van der Waals surface area contributed by atoms with Gasteiger partial charge in [0.15, 0.2) is 5.82 Å². The zero-order valence-electron chi connectivity index (χ0n) is 15.8. The van der Waals surface area contributed by atoms with Gasteiger partial charge in [0, 0.05) is 17.6 Å². The summed E-state index contributed by atoms with van der Waals surface area (Å²) in [5.41, 5.74) is 2.99. The van der Waals surface area contributed by atoms with Gasteiger partial charge in [0.1, 0.15) is 22.1 Å². The number of rotatable bonds is 5. The Balaban J connectivity index is 1.73. The van der Waals surface area contributed by atoms with Crippen LogP contribution in [0.5, 0.6) is 5.75 Å². The van der Waals surface area contributed by atoms with Crippen LogP contribution in [0.2, 0.25) is 5.02 Å². The van der Waals surface area contributed by atoms with Crippen LogP contribution in [-0.2, 0) is 6.54 Å². The second-order valence-corrected chi connectivity index (χ2v) is 8.01. The number of benzene rings is 1. The lowest BCUT2D eigenvalue weighted by Crippen LogP contribution is -2.04. The van der Waals surface area contributed by atoms with Gasteiger partial charge >= 0.3 is 0 Å². The summed E-state index contributed by atoms with van der Waals surface area (Å²) in [6, 6.07) is 11.5. The van der Waals surface area contributed by atoms with Gasteiger partial charge < -0.3 is 10.1 Å². The standard InChI is InChI=1S/C21H19ClN4OS/c1-12-13(2)28-21-18(12)20(25-19(26-21)16-6-4-5-9-23-16)24-11-14-7-8-17(27-3)15(22)10-14/h4-10H,11H2,1-3H3,(H,24,25,26). The molecule has 0 radical (unpaired) electrons. The van der Waals surface area contributed by atoms with Crippen LogP contribution in [0.4, 0.5) is 5.82 Å². The van der Waals surface area contributed by atoms with E-state index in [4.69, 9.17) is 26.3 Å². The van der Waals surface area contributed by atoms with E-state index in [-0.39, 0.29) is 0 Å². The highest BCUT2D eigenvalue weighted by atomic mass is 35.5. The van der Waals surface area contributed by atoms with Crippen LogP contribution in [0.15, 0.2) is 42.6 Å². The van der Waals surface area contributed by atoms with Gasteiger partial charge in [-0.3, -0.25) is 4.98 Å². The maximum absolute atomic E-state index is 6.26. The monoisotopic (exact) mass is 410 g/mol. The van der Waals surface area contributed by atoms with Crippen LogP contribution >= 0.6 is 22.9 Å². The van der Waals surface area contributed by atoms with Gasteiger partial charge in [-0.15, -0.1) is 11.3 Å². The Hall–Kier alpha value is -2.70. The van der Waals surface area contributed by atoms with Crippen molar-refractivity contribution in [2.75, 3.05) is 12.4 Å². The van der Waals surface area contributed by atoms with Crippen molar-refractivity contribution in [1.82, 2.24) is 15.0 Å². The van der Waals surface area contributed by atoms with Gasteiger partial charge in [-0.1, -0.05) is 23.7 Å². The highest BCUT2D eigenvalue weighted by Crippen LogP contribution is 2.35. The lowest BCUT2D eigenvalue weighted by atomic mass is 10.2. The maximum Gasteiger partial charge on any atom is 0.181 e. The predicted molar refractivity (Wildman–Crippen MR) is 115 cm³/mol. The van der Waals surface area contributed by atoms with Crippen LogP contribution in [0, 0.1) is 13.8 Å². The Morgan fingerprint density at radius 2 is 2.00 bits per heavy atom. The number of aryl methyl sites for hydroxylation is 2. The zero-order valence-corrected chi connectivity index (χ0v) is 17.4. The number of methoxy groups -OCH3 is 1. The molecule has 0 amide bonds. The molecule has 0 unspecified atom stereocenters. The Morgan fingerprint density at radius 1 is 1.14 bits per heavy atom. The third kappa shape index (κ3) is 3.53. The first-order chi connectivity index (χ1) is 13.6. The second-order valence-electron chi connectivity index (χ2n) is 6.40. The molecule has 0 fully saturated rings. The molecule has 0 atom stereocenters. The summed E-state index contributed by atoms with van der Waals surface area (Å²) in [4.78, 5) is 16.1. The number of halogens is 1. The number of fused-ring (bicyclic) bond motifs is 1. The Labute approximate surface area is 172 Å². The number of nitrogens with one attached hydrogen (secondary N) is 1. The average molecular weight is 411 g/mol. The van der Waals surface area contributed by atoms with E-state index < -0.39 is 0 Å². The average Bonchev–Trinajstić information content (AvgIpc) is 3.00. The molecule has 0 saturated heterocycles. The number of aromatic nitrogens is 3. The fourth-order valence-corrected chi connectivity index (χ4v) is 4.30. The van der Waals surface area contributed by atoms with E-state index in [1.54, 1.807) is 24.6 Å². The molecular weight excluding hydrogens is 392 g/mol. The molecule has 0 aliphatic rings. The van der Waals surface area contributed by atoms with E-state index >= 15 is 0 Å². The molecule has 0 bridgehead atoms. The summed E-state index contributed by atoms with van der Waals surface area (Å²) in [5, 5.41) is 5.11. The molecule has 3 aromatic heterocycles. The number of hydrogen-bond acceptors (Lipinski definition) is 6. The molecular formula is C21H19ClN4OS. The van der Waals surface area contributed by atoms with Crippen LogP contribution in [0.1, 0.15) is 16.0 Å². The molecule has 142 valence electrons. The van der Waals surface area contributed by atoms with Crippen molar-refractivity contribution in [2.24, 2.45) is 0 Å². The van der Waals surface area contributed by atoms with Crippen LogP contribution in [0.25, 0.3) is 21.7 Å². The summed E-state index contributed by atoms with van der Waals surface area (Å²) in [6.07, 6.45) is 1.75. The third-order valence-electron chi connectivity index (χ3n) is 4.60. The molecule has 0 aliphatic heterocycles. The second kappa shape index (κ2) is 7.73. The van der Waals surface area contributed by atoms with Crippen molar-refractivity contribution >= 4 is 39.0 Å². The summed E-state index contributed by atoms with van der Waals surface area (Å²) in [7, 11) is 1.61. The SMILES string of the molecule is COc1ccc(CNc2nc(-c3ccccn3)nc3sc(C)c(C)c23)cc1Cl. The van der Waals surface area contributed by atoms with Gasteiger partial charge in [0.05, 0.1) is 17.5 Å². The first-order valence-corrected chi connectivity index (χ1v) is 10.0. The summed E-state index contributed by atoms with van der Waals surface area (Å²) < 4.78 is 5.23. The van der Waals surface area contributed by atoms with Gasteiger partial charge in [-0.25, -0.2) is 9.97 Å². The number of hydrogen-bond donors (Lipinski definition) is 1. The number of nitrogens with zero attached hydrogens (tertiary/aromatic N) is 3. The van der Waals surface area contributed by atoms with Gasteiger partial charge in [-0.2, -0.15) is 0 Å². The summed E-state index contributed by atoms with van der Waals surface area (Å²) in [6.45, 7) is 4.80. The molecule has 0 aliphatic carbocycles. The quantitative estimate of drug-likeness (QED) is 0.461. The zero-order chi connectivity index (χ0) is 19.7. The maximum atomic E-state index is 6.26. The van der Waals surface area contributed by atoms with Crippen molar-refractivity contribution in [3.8, 4) is 17.3 Å². The Bertz CT molecular complexity index is 1140. The molecule has 1 N–H and O–H groups in total. The normalized spacial score (nSPS) is 11.0. The molecule has 1 aromatic carbocycles. The van der Waals surface area contributed by atoms with Crippen molar-refractivity contribution in [3.05, 3.63) is 63.6 Å². The minimum absolute atomic E-state index is 0.589.